The van der Waals surface area contributed by atoms with Gasteiger partial charge in [-0.3, -0.25) is 4.79 Å². The van der Waals surface area contributed by atoms with Crippen molar-refractivity contribution in [3.63, 3.8) is 0 Å². The van der Waals surface area contributed by atoms with Crippen molar-refractivity contribution < 1.29 is 9.53 Å². The first kappa shape index (κ1) is 19.7. The molecule has 0 N–H and O–H groups in total. The molecular formula is C21H21ClN4O2S. The molecule has 1 fully saturated rings. The van der Waals surface area contributed by atoms with Crippen molar-refractivity contribution in [3.8, 4) is 5.75 Å². The highest BCUT2D eigenvalue weighted by atomic mass is 35.5. The first-order valence-corrected chi connectivity index (χ1v) is 10.5. The molecule has 150 valence electrons. The zero-order valence-electron chi connectivity index (χ0n) is 16.0. The minimum Gasteiger partial charge on any atom is -0.497 e. The summed E-state index contributed by atoms with van der Waals surface area (Å²) in [5.41, 5.74) is 1.78. The van der Waals surface area contributed by atoms with Crippen molar-refractivity contribution in [2.75, 3.05) is 38.2 Å². The number of benzene rings is 2. The zero-order valence-corrected chi connectivity index (χ0v) is 17.6. The van der Waals surface area contributed by atoms with Crippen LogP contribution in [0.4, 0.5) is 5.13 Å². The molecule has 0 atom stereocenters. The number of piperazine rings is 1. The van der Waals surface area contributed by atoms with E-state index in [4.69, 9.17) is 16.3 Å². The lowest BCUT2D eigenvalue weighted by molar-refractivity contribution is 0.0746. The molecule has 2 aromatic carbocycles. The Bertz CT molecular complexity index is 984. The highest BCUT2D eigenvalue weighted by molar-refractivity contribution is 7.09. The maximum Gasteiger partial charge on any atom is 0.254 e. The third kappa shape index (κ3) is 4.68. The van der Waals surface area contributed by atoms with Crippen LogP contribution >= 0.6 is 23.1 Å². The molecule has 1 amide bonds. The summed E-state index contributed by atoms with van der Waals surface area (Å²) in [6.45, 7) is 2.79. The van der Waals surface area contributed by atoms with Crippen molar-refractivity contribution in [1.82, 2.24) is 14.3 Å². The predicted octanol–water partition coefficient (Wildman–Crippen LogP) is 3.75. The molecule has 0 saturated carbocycles. The van der Waals surface area contributed by atoms with E-state index in [0.29, 0.717) is 30.8 Å². The number of rotatable bonds is 5. The van der Waals surface area contributed by atoms with E-state index in [2.05, 4.69) is 14.3 Å². The molecule has 1 aliphatic rings. The number of amides is 1. The molecule has 2 heterocycles. The van der Waals surface area contributed by atoms with Crippen molar-refractivity contribution in [2.24, 2.45) is 0 Å². The monoisotopic (exact) mass is 428 g/mol. The number of carbonyl (C=O) groups is 1. The number of methoxy groups -OCH3 is 1. The van der Waals surface area contributed by atoms with Gasteiger partial charge >= 0.3 is 0 Å². The molecule has 0 unspecified atom stereocenters. The van der Waals surface area contributed by atoms with E-state index in [0.717, 1.165) is 34.6 Å². The van der Waals surface area contributed by atoms with Crippen LogP contribution in [0.2, 0.25) is 5.02 Å². The summed E-state index contributed by atoms with van der Waals surface area (Å²) in [6, 6.07) is 15.0. The Hall–Kier alpha value is -2.64. The molecule has 3 aromatic rings. The average Bonchev–Trinajstić information content (AvgIpc) is 3.23. The summed E-state index contributed by atoms with van der Waals surface area (Å²) in [7, 11) is 1.60. The lowest BCUT2D eigenvalue weighted by Crippen LogP contribution is -2.48. The van der Waals surface area contributed by atoms with Crippen LogP contribution in [-0.4, -0.2) is 53.5 Å². The Morgan fingerprint density at radius 1 is 1.14 bits per heavy atom. The normalized spacial score (nSPS) is 14.1. The number of halogens is 1. The number of carbonyl (C=O) groups excluding carboxylic acids is 1. The molecule has 8 heteroatoms. The molecule has 0 radical (unpaired) electrons. The van der Waals surface area contributed by atoms with Gasteiger partial charge in [-0.1, -0.05) is 29.8 Å². The smallest absolute Gasteiger partial charge is 0.254 e. The standard InChI is InChI=1S/C21H21ClN4O2S/c1-28-18-4-2-3-16(14-18)20(27)25-9-11-26(12-10-25)21-23-19(24-29-21)13-15-5-7-17(22)8-6-15/h2-8,14H,9-13H2,1H3. The van der Waals surface area contributed by atoms with Gasteiger partial charge in [0.15, 0.2) is 0 Å². The minimum absolute atomic E-state index is 0.0317. The predicted molar refractivity (Wildman–Crippen MR) is 115 cm³/mol. The van der Waals surface area contributed by atoms with Crippen molar-refractivity contribution in [1.29, 1.82) is 0 Å². The minimum atomic E-state index is 0.0317. The van der Waals surface area contributed by atoms with Crippen LogP contribution in [0.15, 0.2) is 48.5 Å². The van der Waals surface area contributed by atoms with E-state index in [-0.39, 0.29) is 5.91 Å². The van der Waals surface area contributed by atoms with Gasteiger partial charge in [0.2, 0.25) is 5.13 Å². The highest BCUT2D eigenvalue weighted by Gasteiger charge is 2.24. The van der Waals surface area contributed by atoms with Gasteiger partial charge in [-0.15, -0.1) is 0 Å². The van der Waals surface area contributed by atoms with Gasteiger partial charge in [-0.05, 0) is 35.9 Å². The number of hydrogen-bond acceptors (Lipinski definition) is 6. The van der Waals surface area contributed by atoms with E-state index >= 15 is 0 Å². The van der Waals surface area contributed by atoms with Gasteiger partial charge in [0.05, 0.1) is 7.11 Å². The highest BCUT2D eigenvalue weighted by Crippen LogP contribution is 2.22. The van der Waals surface area contributed by atoms with Gasteiger partial charge in [0.25, 0.3) is 5.91 Å². The third-order valence-electron chi connectivity index (χ3n) is 4.89. The maximum absolute atomic E-state index is 12.8. The molecule has 1 aromatic heterocycles. The molecule has 6 nitrogen and oxygen atoms in total. The fraction of sp³-hybridized carbons (Fsp3) is 0.286. The van der Waals surface area contributed by atoms with Gasteiger partial charge < -0.3 is 14.5 Å². The molecular weight excluding hydrogens is 408 g/mol. The quantitative estimate of drug-likeness (QED) is 0.619. The second-order valence-corrected chi connectivity index (χ2v) is 7.97. The Balaban J connectivity index is 1.35. The molecule has 1 saturated heterocycles. The van der Waals surface area contributed by atoms with E-state index in [1.54, 1.807) is 13.2 Å². The Morgan fingerprint density at radius 2 is 1.90 bits per heavy atom. The fourth-order valence-corrected chi connectivity index (χ4v) is 4.13. The van der Waals surface area contributed by atoms with Gasteiger partial charge in [-0.2, -0.15) is 4.37 Å². The average molecular weight is 429 g/mol. The Morgan fingerprint density at radius 3 is 2.62 bits per heavy atom. The van der Waals surface area contributed by atoms with Gasteiger partial charge in [0.1, 0.15) is 11.6 Å². The van der Waals surface area contributed by atoms with E-state index in [9.17, 15) is 4.79 Å². The second-order valence-electron chi connectivity index (χ2n) is 6.81. The lowest BCUT2D eigenvalue weighted by atomic mass is 10.1. The van der Waals surface area contributed by atoms with Crippen LogP contribution in [0.5, 0.6) is 5.75 Å². The van der Waals surface area contributed by atoms with Crippen LogP contribution in [0, 0.1) is 0 Å². The van der Waals surface area contributed by atoms with E-state index in [1.165, 1.54) is 11.5 Å². The van der Waals surface area contributed by atoms with Crippen LogP contribution in [0.1, 0.15) is 21.7 Å². The molecule has 4 rings (SSSR count). The maximum atomic E-state index is 12.8. The first-order chi connectivity index (χ1) is 14.1. The largest absolute Gasteiger partial charge is 0.497 e. The number of aromatic nitrogens is 2. The van der Waals surface area contributed by atoms with Crippen LogP contribution in [0.3, 0.4) is 0 Å². The molecule has 0 spiro atoms. The summed E-state index contributed by atoms with van der Waals surface area (Å²) >= 11 is 7.35. The van der Waals surface area contributed by atoms with Crippen LogP contribution in [0.25, 0.3) is 0 Å². The molecule has 29 heavy (non-hydrogen) atoms. The summed E-state index contributed by atoms with van der Waals surface area (Å²) in [5, 5.41) is 1.63. The lowest BCUT2D eigenvalue weighted by Gasteiger charge is -2.34. The van der Waals surface area contributed by atoms with E-state index in [1.807, 2.05) is 47.4 Å². The number of hydrogen-bond donors (Lipinski definition) is 0. The molecule has 0 aliphatic carbocycles. The Labute approximate surface area is 178 Å². The zero-order chi connectivity index (χ0) is 20.2. The van der Waals surface area contributed by atoms with Crippen molar-refractivity contribution in [3.05, 3.63) is 70.5 Å². The van der Waals surface area contributed by atoms with Crippen molar-refractivity contribution in [2.45, 2.75) is 6.42 Å². The fourth-order valence-electron chi connectivity index (χ4n) is 3.27. The van der Waals surface area contributed by atoms with Gasteiger partial charge in [-0.25, -0.2) is 4.98 Å². The second kappa shape index (κ2) is 8.80. The SMILES string of the molecule is COc1cccc(C(=O)N2CCN(c3nc(Cc4ccc(Cl)cc4)ns3)CC2)c1. The number of anilines is 1. The first-order valence-electron chi connectivity index (χ1n) is 9.37. The van der Waals surface area contributed by atoms with Crippen LogP contribution < -0.4 is 9.64 Å². The van der Waals surface area contributed by atoms with Crippen LogP contribution in [-0.2, 0) is 6.42 Å². The Kier molecular flexibility index (Phi) is 5.97. The summed E-state index contributed by atoms with van der Waals surface area (Å²) in [4.78, 5) is 21.5. The van der Waals surface area contributed by atoms with Gasteiger partial charge in [0, 0.05) is 54.7 Å². The summed E-state index contributed by atoms with van der Waals surface area (Å²) < 4.78 is 9.71. The molecule has 1 aliphatic heterocycles. The molecule has 0 bridgehead atoms. The summed E-state index contributed by atoms with van der Waals surface area (Å²) in [6.07, 6.45) is 0.682. The van der Waals surface area contributed by atoms with Crippen molar-refractivity contribution >= 4 is 34.2 Å². The number of nitrogens with zero attached hydrogens (tertiary/aromatic N) is 4. The van der Waals surface area contributed by atoms with E-state index < -0.39 is 0 Å². The number of ether oxygens (including phenoxy) is 1. The third-order valence-corrected chi connectivity index (χ3v) is 5.95. The topological polar surface area (TPSA) is 58.6 Å². The summed E-state index contributed by atoms with van der Waals surface area (Å²) in [5.74, 6) is 1.53.